The zero-order valence-electron chi connectivity index (χ0n) is 15.2. The highest BCUT2D eigenvalue weighted by Gasteiger charge is 2.30. The smallest absolute Gasteiger partial charge is 0.446 e. The van der Waals surface area contributed by atoms with Gasteiger partial charge in [-0.2, -0.15) is 21.6 Å². The van der Waals surface area contributed by atoms with E-state index in [1.807, 2.05) is 0 Å². The maximum Gasteiger partial charge on any atom is 0.446 e. The van der Waals surface area contributed by atoms with Gasteiger partial charge in [-0.05, 0) is 29.8 Å². The van der Waals surface area contributed by atoms with Crippen LogP contribution in [0.5, 0.6) is 11.5 Å². The fourth-order valence-electron chi connectivity index (χ4n) is 2.27. The molecule has 0 radical (unpaired) electrons. The van der Waals surface area contributed by atoms with Gasteiger partial charge in [-0.25, -0.2) is 0 Å². The number of rotatable bonds is 8. The quantitative estimate of drug-likeness (QED) is 0.379. The number of esters is 1. The van der Waals surface area contributed by atoms with Crippen molar-refractivity contribution >= 4 is 16.4 Å². The highest BCUT2D eigenvalue weighted by Crippen LogP contribution is 2.29. The van der Waals surface area contributed by atoms with Gasteiger partial charge < -0.3 is 13.7 Å². The number of alkyl halides is 3. The van der Waals surface area contributed by atoms with E-state index in [9.17, 15) is 26.4 Å². The van der Waals surface area contributed by atoms with Crippen LogP contribution < -0.4 is 8.92 Å². The minimum atomic E-state index is -4.75. The average Bonchev–Trinajstić information content (AvgIpc) is 2.64. The second-order valence-electron chi connectivity index (χ2n) is 5.81. The van der Waals surface area contributed by atoms with Crippen LogP contribution in [0.1, 0.15) is 16.7 Å². The third kappa shape index (κ3) is 7.31. The van der Waals surface area contributed by atoms with E-state index in [1.54, 1.807) is 0 Å². The summed E-state index contributed by atoms with van der Waals surface area (Å²) in [7, 11) is -4.75. The van der Waals surface area contributed by atoms with Crippen molar-refractivity contribution in [1.82, 2.24) is 0 Å². The van der Waals surface area contributed by atoms with Crippen molar-refractivity contribution in [2.24, 2.45) is 0 Å². The first-order chi connectivity index (χ1) is 14.0. The van der Waals surface area contributed by atoms with Gasteiger partial charge in [0.1, 0.15) is 24.7 Å². The van der Waals surface area contributed by atoms with Gasteiger partial charge >= 0.3 is 22.5 Å². The lowest BCUT2D eigenvalue weighted by atomic mass is 10.1. The maximum atomic E-state index is 12.6. The highest BCUT2D eigenvalue weighted by molar-refractivity contribution is 7.81. The molecule has 160 valence electrons. The molecule has 30 heavy (non-hydrogen) atoms. The fourth-order valence-corrected chi connectivity index (χ4v) is 2.62. The van der Waals surface area contributed by atoms with Gasteiger partial charge in [-0.1, -0.05) is 18.1 Å². The summed E-state index contributed by atoms with van der Waals surface area (Å²) in [5, 5.41) is 0. The van der Waals surface area contributed by atoms with E-state index in [0.717, 1.165) is 18.2 Å². The number of halogens is 3. The van der Waals surface area contributed by atoms with Gasteiger partial charge in [0.15, 0.2) is 0 Å². The minimum Gasteiger partial charge on any atom is -0.480 e. The van der Waals surface area contributed by atoms with E-state index in [4.69, 9.17) is 20.4 Å². The Labute approximate surface area is 170 Å². The second kappa shape index (κ2) is 9.51. The van der Waals surface area contributed by atoms with Crippen molar-refractivity contribution < 1.29 is 44.6 Å². The van der Waals surface area contributed by atoms with E-state index >= 15 is 0 Å². The standard InChI is InChI=1S/C19H15F3O7S/c1-2-9-27-17-11-16(29-30(24,25)26)8-5-14(17)12-28-18(23)10-13-3-6-15(7-4-13)19(20,21)22/h1,3-8,11H,9-10,12H2,(H,24,25,26). The van der Waals surface area contributed by atoms with Gasteiger partial charge in [0, 0.05) is 11.6 Å². The summed E-state index contributed by atoms with van der Waals surface area (Å²) in [5.41, 5.74) is -0.190. The summed E-state index contributed by atoms with van der Waals surface area (Å²) in [6.07, 6.45) is 0.379. The van der Waals surface area contributed by atoms with Gasteiger partial charge in [-0.15, -0.1) is 6.42 Å². The van der Waals surface area contributed by atoms with Crippen molar-refractivity contribution in [3.63, 3.8) is 0 Å². The third-order valence-corrected chi connectivity index (χ3v) is 3.97. The molecule has 0 saturated carbocycles. The molecule has 2 aromatic carbocycles. The SMILES string of the molecule is C#CCOc1cc(OS(=O)(=O)O)ccc1COC(=O)Cc1ccc(C(F)(F)F)cc1. The molecule has 7 nitrogen and oxygen atoms in total. The Morgan fingerprint density at radius 3 is 2.37 bits per heavy atom. The number of carbonyl (C=O) groups excluding carboxylic acids is 1. The van der Waals surface area contributed by atoms with Crippen LogP contribution in [0.25, 0.3) is 0 Å². The summed E-state index contributed by atoms with van der Waals surface area (Å²) in [5.74, 6) is 1.29. The number of hydrogen-bond donors (Lipinski definition) is 1. The van der Waals surface area contributed by atoms with Crippen LogP contribution in [0.2, 0.25) is 0 Å². The molecular weight excluding hydrogens is 429 g/mol. The lowest BCUT2D eigenvalue weighted by molar-refractivity contribution is -0.144. The number of benzene rings is 2. The molecule has 2 rings (SSSR count). The van der Waals surface area contributed by atoms with Gasteiger partial charge in [0.05, 0.1) is 12.0 Å². The molecule has 2 aromatic rings. The van der Waals surface area contributed by atoms with Crippen LogP contribution in [0.15, 0.2) is 42.5 Å². The number of hydrogen-bond acceptors (Lipinski definition) is 6. The van der Waals surface area contributed by atoms with Crippen LogP contribution >= 0.6 is 0 Å². The second-order valence-corrected chi connectivity index (χ2v) is 6.83. The van der Waals surface area contributed by atoms with Crippen molar-refractivity contribution in [3.8, 4) is 23.8 Å². The first-order valence-electron chi connectivity index (χ1n) is 8.16. The van der Waals surface area contributed by atoms with Crippen LogP contribution in [0, 0.1) is 12.3 Å². The van der Waals surface area contributed by atoms with Crippen LogP contribution in [-0.2, 0) is 39.1 Å². The summed E-state index contributed by atoms with van der Waals surface area (Å²) >= 11 is 0. The molecule has 0 spiro atoms. The van der Waals surface area contributed by atoms with Crippen LogP contribution in [0.4, 0.5) is 13.2 Å². The zero-order valence-corrected chi connectivity index (χ0v) is 16.0. The van der Waals surface area contributed by atoms with E-state index in [2.05, 4.69) is 10.1 Å². The Morgan fingerprint density at radius 1 is 1.13 bits per heavy atom. The summed E-state index contributed by atoms with van der Waals surface area (Å²) < 4.78 is 82.7. The fraction of sp³-hybridized carbons (Fsp3) is 0.211. The van der Waals surface area contributed by atoms with Crippen LogP contribution in [0.3, 0.4) is 0 Å². The Bertz CT molecular complexity index is 1040. The monoisotopic (exact) mass is 444 g/mol. The maximum absolute atomic E-state index is 12.6. The number of carbonyl (C=O) groups is 1. The normalized spacial score (nSPS) is 11.4. The average molecular weight is 444 g/mol. The van der Waals surface area contributed by atoms with E-state index in [-0.39, 0.29) is 31.1 Å². The first-order valence-corrected chi connectivity index (χ1v) is 9.52. The largest absolute Gasteiger partial charge is 0.480 e. The topological polar surface area (TPSA) is 99.1 Å². The third-order valence-electron chi connectivity index (χ3n) is 3.57. The molecule has 0 heterocycles. The zero-order chi connectivity index (χ0) is 22.4. The molecule has 0 amide bonds. The molecule has 0 saturated heterocycles. The minimum absolute atomic E-state index is 0.0523. The number of terminal acetylenes is 1. The summed E-state index contributed by atoms with van der Waals surface area (Å²) in [6, 6.07) is 7.72. The van der Waals surface area contributed by atoms with E-state index in [0.29, 0.717) is 11.1 Å². The lowest BCUT2D eigenvalue weighted by Gasteiger charge is -2.12. The molecule has 0 aliphatic carbocycles. The van der Waals surface area contributed by atoms with Crippen molar-refractivity contribution in [1.29, 1.82) is 0 Å². The Hall–Kier alpha value is -3.23. The van der Waals surface area contributed by atoms with Crippen molar-refractivity contribution in [2.45, 2.75) is 19.2 Å². The molecule has 0 unspecified atom stereocenters. The van der Waals surface area contributed by atoms with E-state index in [1.165, 1.54) is 24.3 Å². The molecule has 1 N–H and O–H groups in total. The van der Waals surface area contributed by atoms with Crippen LogP contribution in [-0.4, -0.2) is 25.5 Å². The molecule has 0 bridgehead atoms. The molecule has 0 aliphatic rings. The Balaban J connectivity index is 2.04. The molecule has 0 atom stereocenters. The van der Waals surface area contributed by atoms with Crippen molar-refractivity contribution in [3.05, 3.63) is 59.2 Å². The molecule has 11 heteroatoms. The van der Waals surface area contributed by atoms with Gasteiger partial charge in [0.25, 0.3) is 0 Å². The number of ether oxygens (including phenoxy) is 2. The highest BCUT2D eigenvalue weighted by atomic mass is 32.3. The Kier molecular flexibility index (Phi) is 7.31. The Morgan fingerprint density at radius 2 is 1.80 bits per heavy atom. The first kappa shape index (κ1) is 23.1. The van der Waals surface area contributed by atoms with E-state index < -0.39 is 28.1 Å². The van der Waals surface area contributed by atoms with Gasteiger partial charge in [-0.3, -0.25) is 9.35 Å². The molecule has 0 aliphatic heterocycles. The molecule has 0 aromatic heterocycles. The summed E-state index contributed by atoms with van der Waals surface area (Å²) in [4.78, 5) is 12.0. The predicted octanol–water partition coefficient (Wildman–Crippen LogP) is 3.18. The van der Waals surface area contributed by atoms with Gasteiger partial charge in [0.2, 0.25) is 0 Å². The predicted molar refractivity (Wildman–Crippen MR) is 97.9 cm³/mol. The summed E-state index contributed by atoms with van der Waals surface area (Å²) in [6.45, 7) is -0.465. The van der Waals surface area contributed by atoms with Crippen molar-refractivity contribution in [2.75, 3.05) is 6.61 Å². The molecular formula is C19H15F3O7S. The molecule has 0 fully saturated rings. The lowest BCUT2D eigenvalue weighted by Crippen LogP contribution is -2.10.